The molecule has 118 valence electrons. The highest BCUT2D eigenvalue weighted by Gasteiger charge is 2.38. The summed E-state index contributed by atoms with van der Waals surface area (Å²) in [4.78, 5) is 36.9. The molecule has 2 rings (SSSR count). The van der Waals surface area contributed by atoms with Gasteiger partial charge in [0, 0.05) is 7.11 Å². The van der Waals surface area contributed by atoms with Crippen LogP contribution >= 0.6 is 0 Å². The Kier molecular flexibility index (Phi) is 4.30. The van der Waals surface area contributed by atoms with E-state index < -0.39 is 36.2 Å². The number of amides is 2. The molecule has 1 heterocycles. The lowest BCUT2D eigenvalue weighted by molar-refractivity contribution is -0.216. The molecule has 0 bridgehead atoms. The van der Waals surface area contributed by atoms with Gasteiger partial charge in [-0.05, 0) is 26.0 Å². The van der Waals surface area contributed by atoms with Gasteiger partial charge in [0.2, 0.25) is 6.29 Å². The van der Waals surface area contributed by atoms with Crippen LogP contribution in [-0.4, -0.2) is 53.3 Å². The maximum atomic E-state index is 12.1. The Morgan fingerprint density at radius 3 is 2.14 bits per heavy atom. The van der Waals surface area contributed by atoms with Crippen molar-refractivity contribution < 1.29 is 29.0 Å². The molecule has 1 N–H and O–H groups in total. The molecular weight excluding hydrogens is 290 g/mol. The van der Waals surface area contributed by atoms with Crippen molar-refractivity contribution in [3.05, 3.63) is 35.4 Å². The number of imide groups is 1. The number of benzene rings is 1. The first kappa shape index (κ1) is 16.1. The maximum absolute atomic E-state index is 12.1. The highest BCUT2D eigenvalue weighted by atomic mass is 16.7. The SMILES string of the molecule is CO[C@@H](OC(=O)CN1C(=O)c2ccccc2C1=O)C(C)(C)O. The van der Waals surface area contributed by atoms with Crippen LogP contribution in [0.1, 0.15) is 34.6 Å². The van der Waals surface area contributed by atoms with E-state index in [0.717, 1.165) is 4.90 Å². The van der Waals surface area contributed by atoms with Gasteiger partial charge in [-0.1, -0.05) is 12.1 Å². The van der Waals surface area contributed by atoms with E-state index in [-0.39, 0.29) is 11.1 Å². The molecule has 1 aromatic carbocycles. The molecule has 1 aliphatic heterocycles. The van der Waals surface area contributed by atoms with Gasteiger partial charge in [-0.2, -0.15) is 0 Å². The van der Waals surface area contributed by atoms with E-state index in [9.17, 15) is 19.5 Å². The molecule has 0 saturated heterocycles. The highest BCUT2D eigenvalue weighted by Crippen LogP contribution is 2.22. The Balaban J connectivity index is 2.08. The van der Waals surface area contributed by atoms with Crippen LogP contribution in [0, 0.1) is 0 Å². The first-order valence-electron chi connectivity index (χ1n) is 6.65. The van der Waals surface area contributed by atoms with Crippen LogP contribution in [0.15, 0.2) is 24.3 Å². The fourth-order valence-corrected chi connectivity index (χ4v) is 2.15. The fraction of sp³-hybridized carbons (Fsp3) is 0.400. The van der Waals surface area contributed by atoms with Crippen molar-refractivity contribution in [3.8, 4) is 0 Å². The third kappa shape index (κ3) is 3.00. The monoisotopic (exact) mass is 307 g/mol. The van der Waals surface area contributed by atoms with Crippen molar-refractivity contribution in [2.45, 2.75) is 25.7 Å². The van der Waals surface area contributed by atoms with Gasteiger partial charge in [-0.3, -0.25) is 19.3 Å². The lowest BCUT2D eigenvalue weighted by atomic mass is 10.1. The second-order valence-electron chi connectivity index (χ2n) is 5.45. The topological polar surface area (TPSA) is 93.1 Å². The first-order chi connectivity index (χ1) is 10.3. The van der Waals surface area contributed by atoms with E-state index in [1.807, 2.05) is 0 Å². The van der Waals surface area contributed by atoms with Gasteiger partial charge in [0.15, 0.2) is 0 Å². The maximum Gasteiger partial charge on any atom is 0.328 e. The summed E-state index contributed by atoms with van der Waals surface area (Å²) in [5.74, 6) is -1.94. The quantitative estimate of drug-likeness (QED) is 0.485. The number of aliphatic hydroxyl groups is 1. The Hall–Kier alpha value is -2.25. The molecule has 22 heavy (non-hydrogen) atoms. The molecule has 0 spiro atoms. The number of nitrogens with zero attached hydrogens (tertiary/aromatic N) is 1. The minimum absolute atomic E-state index is 0.256. The highest BCUT2D eigenvalue weighted by molar-refractivity contribution is 6.22. The first-order valence-corrected chi connectivity index (χ1v) is 6.65. The Bertz CT molecular complexity index is 584. The average Bonchev–Trinajstić information content (AvgIpc) is 2.69. The lowest BCUT2D eigenvalue weighted by Gasteiger charge is -2.27. The van der Waals surface area contributed by atoms with E-state index >= 15 is 0 Å². The normalized spacial score (nSPS) is 15.7. The minimum Gasteiger partial charge on any atom is -0.431 e. The van der Waals surface area contributed by atoms with Gasteiger partial charge in [0.1, 0.15) is 12.1 Å². The second kappa shape index (κ2) is 5.86. The van der Waals surface area contributed by atoms with E-state index in [2.05, 4.69) is 0 Å². The number of carbonyl (C=O) groups excluding carboxylic acids is 3. The molecule has 2 amide bonds. The van der Waals surface area contributed by atoms with E-state index in [0.29, 0.717) is 0 Å². The van der Waals surface area contributed by atoms with Crippen LogP contribution in [0.5, 0.6) is 0 Å². The summed E-state index contributed by atoms with van der Waals surface area (Å²) in [6.07, 6.45) is -1.20. The summed E-state index contributed by atoms with van der Waals surface area (Å²) in [6.45, 7) is 2.29. The molecule has 0 fully saturated rings. The van der Waals surface area contributed by atoms with E-state index in [1.165, 1.54) is 33.1 Å². The predicted octanol–water partition coefficient (Wildman–Crippen LogP) is 0.569. The largest absolute Gasteiger partial charge is 0.431 e. The van der Waals surface area contributed by atoms with Gasteiger partial charge in [0.25, 0.3) is 11.8 Å². The summed E-state index contributed by atoms with van der Waals surface area (Å²) in [6, 6.07) is 6.33. The Labute approximate surface area is 127 Å². The predicted molar refractivity (Wildman–Crippen MR) is 75.0 cm³/mol. The standard InChI is InChI=1S/C15H17NO6/c1-15(2,20)14(21-3)22-11(17)8-16-12(18)9-6-4-5-7-10(9)13(16)19/h4-7,14,20H,8H2,1-3H3/t14-/m0/s1. The second-order valence-corrected chi connectivity index (χ2v) is 5.45. The third-order valence-electron chi connectivity index (χ3n) is 3.19. The Morgan fingerprint density at radius 2 is 1.73 bits per heavy atom. The molecule has 1 atom stereocenters. The number of esters is 1. The van der Waals surface area contributed by atoms with Gasteiger partial charge < -0.3 is 14.6 Å². The summed E-state index contributed by atoms with van der Waals surface area (Å²) >= 11 is 0. The average molecular weight is 307 g/mol. The molecule has 7 heteroatoms. The zero-order valence-electron chi connectivity index (χ0n) is 12.5. The Morgan fingerprint density at radius 1 is 1.23 bits per heavy atom. The van der Waals surface area contributed by atoms with Crippen molar-refractivity contribution >= 4 is 17.8 Å². The lowest BCUT2D eigenvalue weighted by Crippen LogP contribution is -2.44. The summed E-state index contributed by atoms with van der Waals surface area (Å²) in [5, 5.41) is 9.78. The van der Waals surface area contributed by atoms with Gasteiger partial charge in [0.05, 0.1) is 11.1 Å². The number of carbonyl (C=O) groups is 3. The summed E-state index contributed by atoms with van der Waals surface area (Å²) in [5.41, 5.74) is -0.899. The van der Waals surface area contributed by atoms with Crippen LogP contribution in [-0.2, 0) is 14.3 Å². The molecule has 0 unspecified atom stereocenters. The van der Waals surface area contributed by atoms with E-state index in [1.54, 1.807) is 12.1 Å². The molecule has 0 aromatic heterocycles. The van der Waals surface area contributed by atoms with Gasteiger partial charge in [-0.15, -0.1) is 0 Å². The van der Waals surface area contributed by atoms with Crippen LogP contribution in [0.3, 0.4) is 0 Å². The number of ether oxygens (including phenoxy) is 2. The number of hydrogen-bond acceptors (Lipinski definition) is 6. The summed E-state index contributed by atoms with van der Waals surface area (Å²) in [7, 11) is 1.28. The zero-order chi connectivity index (χ0) is 16.5. The third-order valence-corrected chi connectivity index (χ3v) is 3.19. The number of rotatable bonds is 5. The van der Waals surface area contributed by atoms with Gasteiger partial charge >= 0.3 is 5.97 Å². The smallest absolute Gasteiger partial charge is 0.328 e. The van der Waals surface area contributed by atoms with Gasteiger partial charge in [-0.25, -0.2) is 0 Å². The van der Waals surface area contributed by atoms with Crippen LogP contribution in [0.4, 0.5) is 0 Å². The number of methoxy groups -OCH3 is 1. The van der Waals surface area contributed by atoms with Crippen molar-refractivity contribution in [2.75, 3.05) is 13.7 Å². The van der Waals surface area contributed by atoms with Crippen LogP contribution < -0.4 is 0 Å². The van der Waals surface area contributed by atoms with Crippen LogP contribution in [0.25, 0.3) is 0 Å². The van der Waals surface area contributed by atoms with E-state index in [4.69, 9.17) is 9.47 Å². The molecular formula is C15H17NO6. The van der Waals surface area contributed by atoms with Crippen molar-refractivity contribution in [1.29, 1.82) is 0 Å². The molecule has 7 nitrogen and oxygen atoms in total. The minimum atomic E-state index is -1.41. The van der Waals surface area contributed by atoms with Crippen molar-refractivity contribution in [1.82, 2.24) is 4.90 Å². The van der Waals surface area contributed by atoms with Crippen molar-refractivity contribution in [3.63, 3.8) is 0 Å². The zero-order valence-corrected chi connectivity index (χ0v) is 12.5. The molecule has 1 aliphatic rings. The molecule has 1 aromatic rings. The molecule has 0 aliphatic carbocycles. The van der Waals surface area contributed by atoms with Crippen molar-refractivity contribution in [2.24, 2.45) is 0 Å². The summed E-state index contributed by atoms with van der Waals surface area (Å²) < 4.78 is 9.85. The number of hydrogen-bond donors (Lipinski definition) is 1. The molecule has 0 saturated carbocycles. The number of fused-ring (bicyclic) bond motifs is 1. The molecule has 0 radical (unpaired) electrons. The fourth-order valence-electron chi connectivity index (χ4n) is 2.15. The van der Waals surface area contributed by atoms with Crippen LogP contribution in [0.2, 0.25) is 0 Å².